The van der Waals surface area contributed by atoms with Crippen LogP contribution in [0.4, 0.5) is 0 Å². The molecule has 3 aromatic rings. The molecular formula is C25H30OSi2. The van der Waals surface area contributed by atoms with Crippen molar-refractivity contribution in [3.05, 3.63) is 96.6 Å². The monoisotopic (exact) mass is 402 g/mol. The Morgan fingerprint density at radius 2 is 1.18 bits per heavy atom. The third-order valence-corrected chi connectivity index (χ3v) is 13.3. The van der Waals surface area contributed by atoms with Crippen LogP contribution in [0.25, 0.3) is 0 Å². The van der Waals surface area contributed by atoms with Gasteiger partial charge in [-0.1, -0.05) is 105 Å². The van der Waals surface area contributed by atoms with Crippen LogP contribution in [0.1, 0.15) is 32.3 Å². The zero-order valence-electron chi connectivity index (χ0n) is 17.4. The first-order valence-electron chi connectivity index (χ1n) is 10.2. The second kappa shape index (κ2) is 7.14. The van der Waals surface area contributed by atoms with Gasteiger partial charge in [0.25, 0.3) is 8.32 Å². The van der Waals surface area contributed by atoms with Crippen molar-refractivity contribution >= 4 is 28.9 Å². The summed E-state index contributed by atoms with van der Waals surface area (Å²) < 4.78 is 7.30. The maximum atomic E-state index is 7.30. The highest BCUT2D eigenvalue weighted by atomic mass is 28.4. The van der Waals surface area contributed by atoms with Crippen LogP contribution in [0, 0.1) is 5.41 Å². The van der Waals surface area contributed by atoms with Crippen LogP contribution >= 0.6 is 0 Å². The van der Waals surface area contributed by atoms with Gasteiger partial charge in [-0.2, -0.15) is 0 Å². The molecule has 2 atom stereocenters. The van der Waals surface area contributed by atoms with Crippen LogP contribution in [0.15, 0.2) is 91.0 Å². The van der Waals surface area contributed by atoms with Gasteiger partial charge in [0.05, 0.1) is 0 Å². The van der Waals surface area contributed by atoms with E-state index in [1.54, 1.807) is 0 Å². The Bertz CT molecular complexity index is 881. The van der Waals surface area contributed by atoms with E-state index in [0.717, 1.165) is 16.3 Å². The van der Waals surface area contributed by atoms with E-state index in [1.165, 1.54) is 15.9 Å². The third kappa shape index (κ3) is 3.12. The predicted molar refractivity (Wildman–Crippen MR) is 125 cm³/mol. The molecule has 0 bridgehead atoms. The first-order valence-corrected chi connectivity index (χ1v) is 13.3. The van der Waals surface area contributed by atoms with Crippen molar-refractivity contribution in [1.29, 1.82) is 0 Å². The lowest BCUT2D eigenvalue weighted by Gasteiger charge is -2.58. The molecule has 0 radical (unpaired) electrons. The molecule has 3 heteroatoms. The van der Waals surface area contributed by atoms with E-state index >= 15 is 0 Å². The summed E-state index contributed by atoms with van der Waals surface area (Å²) >= 11 is 0. The smallest absolute Gasteiger partial charge is 0.256 e. The maximum Gasteiger partial charge on any atom is 0.256 e. The molecule has 0 amide bonds. The highest BCUT2D eigenvalue weighted by molar-refractivity contribution is 6.98. The second-order valence-electron chi connectivity index (χ2n) is 9.06. The Hall–Kier alpha value is -1.95. The van der Waals surface area contributed by atoms with E-state index in [4.69, 9.17) is 4.43 Å². The van der Waals surface area contributed by atoms with Gasteiger partial charge in [-0.3, -0.25) is 0 Å². The number of hydrogen-bond donors (Lipinski definition) is 0. The van der Waals surface area contributed by atoms with Gasteiger partial charge < -0.3 is 4.43 Å². The van der Waals surface area contributed by atoms with Gasteiger partial charge in [0.1, 0.15) is 0 Å². The number of hydrogen-bond acceptors (Lipinski definition) is 1. The molecule has 0 aromatic heterocycles. The van der Waals surface area contributed by atoms with E-state index in [9.17, 15) is 0 Å². The molecule has 0 saturated carbocycles. The van der Waals surface area contributed by atoms with Gasteiger partial charge in [-0.15, -0.1) is 0 Å². The molecular weight excluding hydrogens is 372 g/mol. The summed E-state index contributed by atoms with van der Waals surface area (Å²) in [4.78, 5) is 0. The second-order valence-corrected chi connectivity index (χ2v) is 14.4. The highest BCUT2D eigenvalue weighted by Gasteiger charge is 2.58. The molecule has 0 spiro atoms. The van der Waals surface area contributed by atoms with Gasteiger partial charge in [-0.25, -0.2) is 0 Å². The van der Waals surface area contributed by atoms with Crippen molar-refractivity contribution in [2.45, 2.75) is 38.0 Å². The largest absolute Gasteiger partial charge is 0.406 e. The van der Waals surface area contributed by atoms with Crippen molar-refractivity contribution in [3.63, 3.8) is 0 Å². The normalized spacial score (nSPS) is 26.0. The van der Waals surface area contributed by atoms with Crippen LogP contribution in [-0.2, 0) is 4.43 Å². The standard InChI is InChI=1S/C25H30OSi2/c1-24(2)23(20-13-7-4-8-14-20)19-28(26-25(24,3)27,21-15-9-5-10-16-21)22-17-11-6-12-18-22/h4-18,23H,19H2,1-3,27H3. The number of rotatable bonds is 3. The minimum absolute atomic E-state index is 0.0840. The molecule has 0 N–H and O–H groups in total. The molecule has 0 aliphatic carbocycles. The van der Waals surface area contributed by atoms with Gasteiger partial charge in [0.15, 0.2) is 0 Å². The summed E-state index contributed by atoms with van der Waals surface area (Å²) in [5, 5.41) is 2.67. The SMILES string of the molecule is CC1([SiH3])O[Si](c2ccccc2)(c2ccccc2)CC(c2ccccc2)C1(C)C. The molecule has 4 rings (SSSR count). The quantitative estimate of drug-likeness (QED) is 0.608. The lowest BCUT2D eigenvalue weighted by atomic mass is 9.71. The van der Waals surface area contributed by atoms with Crippen LogP contribution in [0.5, 0.6) is 0 Å². The number of benzene rings is 3. The lowest BCUT2D eigenvalue weighted by molar-refractivity contribution is 0.00392. The van der Waals surface area contributed by atoms with E-state index < -0.39 is 8.32 Å². The first kappa shape index (κ1) is 19.4. The van der Waals surface area contributed by atoms with Crippen molar-refractivity contribution in [2.75, 3.05) is 0 Å². The van der Waals surface area contributed by atoms with Crippen LogP contribution in [0.2, 0.25) is 6.04 Å². The van der Waals surface area contributed by atoms with Gasteiger partial charge in [-0.05, 0) is 40.2 Å². The van der Waals surface area contributed by atoms with Crippen molar-refractivity contribution in [2.24, 2.45) is 5.41 Å². The Kier molecular flexibility index (Phi) is 4.94. The molecule has 1 nitrogen and oxygen atoms in total. The van der Waals surface area contributed by atoms with Gasteiger partial charge in [0, 0.05) is 15.5 Å². The average molecular weight is 403 g/mol. The van der Waals surface area contributed by atoms with Crippen molar-refractivity contribution in [3.8, 4) is 0 Å². The minimum Gasteiger partial charge on any atom is -0.406 e. The fourth-order valence-corrected chi connectivity index (χ4v) is 11.2. The molecule has 2 unspecified atom stereocenters. The van der Waals surface area contributed by atoms with E-state index in [2.05, 4.69) is 112 Å². The van der Waals surface area contributed by atoms with Crippen molar-refractivity contribution < 1.29 is 4.43 Å². The Labute approximate surface area is 173 Å². The highest BCUT2D eigenvalue weighted by Crippen LogP contribution is 2.53. The molecule has 1 heterocycles. The van der Waals surface area contributed by atoms with Crippen LogP contribution in [0.3, 0.4) is 0 Å². The van der Waals surface area contributed by atoms with Crippen molar-refractivity contribution in [1.82, 2.24) is 0 Å². The fraction of sp³-hybridized carbons (Fsp3) is 0.280. The molecule has 1 fully saturated rings. The fourth-order valence-electron chi connectivity index (χ4n) is 4.73. The summed E-state index contributed by atoms with van der Waals surface area (Å²) in [5.74, 6) is 0.469. The predicted octanol–water partition coefficient (Wildman–Crippen LogP) is 3.67. The summed E-state index contributed by atoms with van der Waals surface area (Å²) in [6.45, 7) is 7.17. The lowest BCUT2D eigenvalue weighted by Crippen LogP contribution is -2.71. The Balaban J connectivity index is 1.94. The van der Waals surface area contributed by atoms with Crippen LogP contribution < -0.4 is 10.4 Å². The Morgan fingerprint density at radius 1 is 0.750 bits per heavy atom. The summed E-state index contributed by atoms with van der Waals surface area (Å²) in [5.41, 5.74) is 1.53. The zero-order valence-corrected chi connectivity index (χ0v) is 20.4. The Morgan fingerprint density at radius 3 is 1.64 bits per heavy atom. The summed E-state index contributed by atoms with van der Waals surface area (Å²) in [7, 11) is -1.38. The molecule has 1 saturated heterocycles. The molecule has 1 aliphatic rings. The zero-order chi connectivity index (χ0) is 19.8. The van der Waals surface area contributed by atoms with E-state index in [1.807, 2.05) is 0 Å². The summed E-state index contributed by atoms with van der Waals surface area (Å²) in [6, 6.07) is 34.2. The third-order valence-electron chi connectivity index (χ3n) is 7.03. The van der Waals surface area contributed by atoms with Gasteiger partial charge in [0.2, 0.25) is 0 Å². The molecule has 1 aliphatic heterocycles. The maximum absolute atomic E-state index is 7.30. The van der Waals surface area contributed by atoms with Crippen LogP contribution in [-0.4, -0.2) is 23.8 Å². The van der Waals surface area contributed by atoms with E-state index in [-0.39, 0.29) is 10.6 Å². The molecule has 28 heavy (non-hydrogen) atoms. The first-order chi connectivity index (χ1) is 13.4. The molecule has 3 aromatic carbocycles. The van der Waals surface area contributed by atoms with Gasteiger partial charge >= 0.3 is 0 Å². The molecule has 144 valence electrons. The minimum atomic E-state index is -2.37. The average Bonchev–Trinajstić information content (AvgIpc) is 2.72. The topological polar surface area (TPSA) is 9.23 Å². The summed E-state index contributed by atoms with van der Waals surface area (Å²) in [6.07, 6.45) is 0. The van der Waals surface area contributed by atoms with E-state index in [0.29, 0.717) is 5.92 Å².